The summed E-state index contributed by atoms with van der Waals surface area (Å²) < 4.78 is 5.54. The molecule has 0 bridgehead atoms. The molecule has 2 aromatic rings. The Labute approximate surface area is 181 Å². The predicted molar refractivity (Wildman–Crippen MR) is 115 cm³/mol. The fraction of sp³-hybridized carbons (Fsp3) is 0.364. The van der Waals surface area contributed by atoms with E-state index in [1.807, 2.05) is 26.8 Å². The van der Waals surface area contributed by atoms with Gasteiger partial charge in [-0.15, -0.1) is 0 Å². The van der Waals surface area contributed by atoms with Gasteiger partial charge in [-0.2, -0.15) is 0 Å². The lowest BCUT2D eigenvalue weighted by Gasteiger charge is -2.28. The molecule has 0 aromatic heterocycles. The van der Waals surface area contributed by atoms with Gasteiger partial charge in [-0.1, -0.05) is 53.5 Å². The maximum Gasteiger partial charge on any atom is 0.410 e. The summed E-state index contributed by atoms with van der Waals surface area (Å²) in [7, 11) is 0. The molecule has 0 fully saturated rings. The van der Waals surface area contributed by atoms with Crippen LogP contribution in [0.15, 0.2) is 42.5 Å². The van der Waals surface area contributed by atoms with Crippen LogP contribution in [0.3, 0.4) is 0 Å². The summed E-state index contributed by atoms with van der Waals surface area (Å²) in [5, 5.41) is 10.1. The Morgan fingerprint density at radius 1 is 1.03 bits per heavy atom. The highest BCUT2D eigenvalue weighted by molar-refractivity contribution is 6.36. The Morgan fingerprint density at radius 3 is 2.21 bits per heavy atom. The zero-order chi connectivity index (χ0) is 21.6. The molecule has 7 heteroatoms. The third kappa shape index (κ3) is 7.59. The van der Waals surface area contributed by atoms with E-state index in [9.17, 15) is 9.59 Å². The molecule has 0 saturated heterocycles. The fourth-order valence-corrected chi connectivity index (χ4v) is 3.40. The van der Waals surface area contributed by atoms with Gasteiger partial charge in [0, 0.05) is 23.1 Å². The number of carbonyl (C=O) groups excluding carboxylic acids is 1. The van der Waals surface area contributed by atoms with Gasteiger partial charge in [0.05, 0.1) is 6.42 Å². The molecular weight excluding hydrogens is 413 g/mol. The van der Waals surface area contributed by atoms with Crippen LogP contribution in [-0.4, -0.2) is 34.2 Å². The average Bonchev–Trinajstić information content (AvgIpc) is 2.58. The van der Waals surface area contributed by atoms with Gasteiger partial charge >= 0.3 is 12.1 Å². The van der Waals surface area contributed by atoms with E-state index in [1.54, 1.807) is 41.3 Å². The maximum atomic E-state index is 12.8. The van der Waals surface area contributed by atoms with Crippen molar-refractivity contribution in [1.29, 1.82) is 0 Å². The van der Waals surface area contributed by atoms with Gasteiger partial charge in [0.2, 0.25) is 0 Å². The molecule has 2 aromatic carbocycles. The number of rotatable bonds is 7. The minimum absolute atomic E-state index is 0.0739. The quantitative estimate of drug-likeness (QED) is 0.611. The van der Waals surface area contributed by atoms with Crippen LogP contribution in [0.25, 0.3) is 0 Å². The molecule has 0 saturated carbocycles. The highest BCUT2D eigenvalue weighted by Gasteiger charge is 2.23. The number of hydrogen-bond donors (Lipinski definition) is 1. The third-order valence-corrected chi connectivity index (χ3v) is 4.77. The van der Waals surface area contributed by atoms with E-state index >= 15 is 0 Å². The summed E-state index contributed by atoms with van der Waals surface area (Å²) in [6.07, 6.45) is -0.0634. The summed E-state index contributed by atoms with van der Waals surface area (Å²) in [6, 6.07) is 12.5. The first-order valence-electron chi connectivity index (χ1n) is 9.25. The summed E-state index contributed by atoms with van der Waals surface area (Å²) in [5.74, 6) is -0.903. The zero-order valence-corrected chi connectivity index (χ0v) is 18.3. The molecule has 0 spiro atoms. The molecule has 0 unspecified atom stereocenters. The standard InChI is InChI=1S/C22H25Cl2NO4/c1-22(2,3)29-21(28)25(11-10-17-18(23)8-5-9-19(17)24)14-16-7-4-6-15(12-16)13-20(26)27/h4-9,12H,10-11,13-14H2,1-3H3,(H,26,27). The van der Waals surface area contributed by atoms with Crippen LogP contribution < -0.4 is 0 Å². The van der Waals surface area contributed by atoms with Crippen LogP contribution >= 0.6 is 23.2 Å². The Balaban J connectivity index is 2.21. The molecule has 5 nitrogen and oxygen atoms in total. The van der Waals surface area contributed by atoms with Crippen molar-refractivity contribution in [2.75, 3.05) is 6.54 Å². The van der Waals surface area contributed by atoms with Crippen molar-refractivity contribution in [2.24, 2.45) is 0 Å². The number of benzene rings is 2. The fourth-order valence-electron chi connectivity index (χ4n) is 2.81. The number of aliphatic carboxylic acids is 1. The van der Waals surface area contributed by atoms with E-state index in [1.165, 1.54) is 0 Å². The number of ether oxygens (including phenoxy) is 1. The Kier molecular flexibility index (Phi) is 7.94. The van der Waals surface area contributed by atoms with Gasteiger partial charge in [0.1, 0.15) is 5.60 Å². The molecule has 0 aliphatic heterocycles. The molecule has 156 valence electrons. The zero-order valence-electron chi connectivity index (χ0n) is 16.7. The van der Waals surface area contributed by atoms with Crippen molar-refractivity contribution in [2.45, 2.75) is 45.8 Å². The van der Waals surface area contributed by atoms with Gasteiger partial charge < -0.3 is 14.7 Å². The lowest BCUT2D eigenvalue weighted by atomic mass is 10.1. The summed E-state index contributed by atoms with van der Waals surface area (Å²) in [4.78, 5) is 25.3. The van der Waals surface area contributed by atoms with Crippen LogP contribution in [0.4, 0.5) is 4.79 Å². The number of carboxylic acids is 1. The molecule has 29 heavy (non-hydrogen) atoms. The van der Waals surface area contributed by atoms with Crippen molar-refractivity contribution in [3.63, 3.8) is 0 Å². The largest absolute Gasteiger partial charge is 0.481 e. The van der Waals surface area contributed by atoms with Crippen LogP contribution in [0.2, 0.25) is 10.0 Å². The van der Waals surface area contributed by atoms with Crippen molar-refractivity contribution >= 4 is 35.3 Å². The van der Waals surface area contributed by atoms with Gasteiger partial charge in [-0.3, -0.25) is 4.79 Å². The molecule has 0 aliphatic carbocycles. The molecule has 2 rings (SSSR count). The highest BCUT2D eigenvalue weighted by Crippen LogP contribution is 2.25. The van der Waals surface area contributed by atoms with E-state index in [4.69, 9.17) is 33.0 Å². The lowest BCUT2D eigenvalue weighted by molar-refractivity contribution is -0.136. The van der Waals surface area contributed by atoms with E-state index in [2.05, 4.69) is 0 Å². The second-order valence-electron chi connectivity index (χ2n) is 7.74. The summed E-state index contributed by atoms with van der Waals surface area (Å²) in [6.45, 7) is 6.05. The molecule has 0 radical (unpaired) electrons. The third-order valence-electron chi connectivity index (χ3n) is 4.07. The number of amides is 1. The minimum Gasteiger partial charge on any atom is -0.481 e. The molecule has 0 heterocycles. The number of carbonyl (C=O) groups is 2. The van der Waals surface area contributed by atoms with Crippen molar-refractivity contribution in [3.8, 4) is 0 Å². The smallest absolute Gasteiger partial charge is 0.410 e. The lowest BCUT2D eigenvalue weighted by Crippen LogP contribution is -2.37. The monoisotopic (exact) mass is 437 g/mol. The SMILES string of the molecule is CC(C)(C)OC(=O)N(CCc1c(Cl)cccc1Cl)Cc1cccc(CC(=O)O)c1. The van der Waals surface area contributed by atoms with E-state index in [0.717, 1.165) is 11.1 Å². The molecule has 1 N–H and O–H groups in total. The maximum absolute atomic E-state index is 12.8. The van der Waals surface area contributed by atoms with E-state index in [-0.39, 0.29) is 13.0 Å². The van der Waals surface area contributed by atoms with Gasteiger partial charge in [0.15, 0.2) is 0 Å². The van der Waals surface area contributed by atoms with E-state index in [0.29, 0.717) is 28.6 Å². The Hall–Kier alpha value is -2.24. The van der Waals surface area contributed by atoms with E-state index < -0.39 is 17.7 Å². The minimum atomic E-state index is -0.903. The van der Waals surface area contributed by atoms with Gasteiger partial charge in [-0.25, -0.2) is 4.79 Å². The number of carboxylic acid groups (broad SMARTS) is 1. The Bertz CT molecular complexity index is 857. The van der Waals surface area contributed by atoms with Crippen molar-refractivity contribution < 1.29 is 19.4 Å². The molecule has 0 aliphatic rings. The normalized spacial score (nSPS) is 11.2. The first-order chi connectivity index (χ1) is 13.5. The average molecular weight is 438 g/mol. The Morgan fingerprint density at radius 2 is 1.62 bits per heavy atom. The highest BCUT2D eigenvalue weighted by atomic mass is 35.5. The molecule has 1 amide bonds. The number of halogens is 2. The second-order valence-corrected chi connectivity index (χ2v) is 8.56. The first kappa shape index (κ1) is 23.0. The number of nitrogens with zero attached hydrogens (tertiary/aromatic N) is 1. The van der Waals surface area contributed by atoms with Crippen LogP contribution in [0.5, 0.6) is 0 Å². The topological polar surface area (TPSA) is 66.8 Å². The number of hydrogen-bond acceptors (Lipinski definition) is 3. The molecule has 0 atom stereocenters. The second kappa shape index (κ2) is 9.99. The summed E-state index contributed by atoms with van der Waals surface area (Å²) >= 11 is 12.5. The van der Waals surface area contributed by atoms with Crippen molar-refractivity contribution in [3.05, 3.63) is 69.2 Å². The van der Waals surface area contributed by atoms with Crippen LogP contribution in [-0.2, 0) is 28.9 Å². The molecular formula is C22H25Cl2NO4. The van der Waals surface area contributed by atoms with Gasteiger partial charge in [-0.05, 0) is 56.0 Å². The van der Waals surface area contributed by atoms with Crippen LogP contribution in [0, 0.1) is 0 Å². The summed E-state index contributed by atoms with van der Waals surface area (Å²) in [5.41, 5.74) is 1.62. The predicted octanol–water partition coefficient (Wildman–Crippen LogP) is 5.60. The van der Waals surface area contributed by atoms with Crippen LogP contribution in [0.1, 0.15) is 37.5 Å². The van der Waals surface area contributed by atoms with Gasteiger partial charge in [0.25, 0.3) is 0 Å². The first-order valence-corrected chi connectivity index (χ1v) is 10.0. The van der Waals surface area contributed by atoms with Crippen molar-refractivity contribution in [1.82, 2.24) is 4.90 Å².